The molecule has 0 unspecified atom stereocenters. The summed E-state index contributed by atoms with van der Waals surface area (Å²) in [5, 5.41) is 9.25. The second kappa shape index (κ2) is 8.05. The summed E-state index contributed by atoms with van der Waals surface area (Å²) in [6.45, 7) is 2.34. The minimum Gasteiger partial charge on any atom is -0.357 e. The van der Waals surface area contributed by atoms with E-state index in [2.05, 4.69) is 15.7 Å². The molecule has 1 atom stereocenters. The normalized spacial score (nSPS) is 11.6. The average molecular weight is 328 g/mol. The van der Waals surface area contributed by atoms with Crippen molar-refractivity contribution in [2.45, 2.75) is 25.9 Å². The molecule has 0 spiro atoms. The van der Waals surface area contributed by atoms with Gasteiger partial charge in [-0.1, -0.05) is 37.3 Å². The Morgan fingerprint density at radius 2 is 1.88 bits per heavy atom. The molecule has 2 rings (SSSR count). The van der Waals surface area contributed by atoms with Gasteiger partial charge in [0.15, 0.2) is 0 Å². The Labute approximate surface area is 139 Å². The van der Waals surface area contributed by atoms with Crippen LogP contribution in [0.3, 0.4) is 0 Å². The lowest BCUT2D eigenvalue weighted by Gasteiger charge is -2.17. The van der Waals surface area contributed by atoms with Crippen molar-refractivity contribution in [2.24, 2.45) is 0 Å². The molecule has 1 aromatic carbocycles. The third-order valence-corrected chi connectivity index (χ3v) is 3.45. The van der Waals surface area contributed by atoms with Gasteiger partial charge in [-0.2, -0.15) is 5.10 Å². The third-order valence-electron chi connectivity index (χ3n) is 3.45. The molecule has 24 heavy (non-hydrogen) atoms. The highest BCUT2D eigenvalue weighted by atomic mass is 16.2. The first-order chi connectivity index (χ1) is 11.6. The van der Waals surface area contributed by atoms with Gasteiger partial charge < -0.3 is 10.6 Å². The molecule has 2 aromatic rings. The first-order valence-electron chi connectivity index (χ1n) is 7.72. The van der Waals surface area contributed by atoms with Crippen LogP contribution in [0.2, 0.25) is 0 Å². The number of hydrogen-bond acceptors (Lipinski definition) is 4. The van der Waals surface area contributed by atoms with Crippen molar-refractivity contribution in [2.75, 3.05) is 7.05 Å². The zero-order chi connectivity index (χ0) is 17.5. The van der Waals surface area contributed by atoms with E-state index in [1.165, 1.54) is 23.9 Å². The average Bonchev–Trinajstić information content (AvgIpc) is 2.61. The second-order valence-corrected chi connectivity index (χ2v) is 5.21. The Kier molecular flexibility index (Phi) is 5.83. The molecule has 2 N–H and O–H groups in total. The number of benzene rings is 1. The van der Waals surface area contributed by atoms with Gasteiger partial charge in [0.05, 0.1) is 0 Å². The van der Waals surface area contributed by atoms with E-state index < -0.39 is 11.9 Å². The van der Waals surface area contributed by atoms with Gasteiger partial charge in [-0.25, -0.2) is 4.68 Å². The first kappa shape index (κ1) is 17.4. The van der Waals surface area contributed by atoms with Crippen LogP contribution in [-0.2, 0) is 11.3 Å². The molecule has 0 aliphatic rings. The molecule has 0 bridgehead atoms. The predicted octanol–water partition coefficient (Wildman–Crippen LogP) is 0.870. The highest BCUT2D eigenvalue weighted by molar-refractivity contribution is 5.96. The van der Waals surface area contributed by atoms with Crippen LogP contribution in [0.4, 0.5) is 0 Å². The standard InChI is InChI=1S/C17H20N4O3/c1-3-11-21-14(22)10-9-13(20-21)16(23)19-15(17(24)18-2)12-7-5-4-6-8-12/h4-10,15H,3,11H2,1-2H3,(H,18,24)(H,19,23)/t15-/m0/s1. The lowest BCUT2D eigenvalue weighted by molar-refractivity contribution is -0.122. The molecule has 0 aliphatic heterocycles. The fraction of sp³-hybridized carbons (Fsp3) is 0.294. The number of aryl methyl sites for hydroxylation is 1. The monoisotopic (exact) mass is 328 g/mol. The van der Waals surface area contributed by atoms with Gasteiger partial charge in [-0.15, -0.1) is 0 Å². The van der Waals surface area contributed by atoms with Crippen molar-refractivity contribution in [1.82, 2.24) is 20.4 Å². The van der Waals surface area contributed by atoms with Gasteiger partial charge in [0.1, 0.15) is 11.7 Å². The molecule has 0 fully saturated rings. The van der Waals surface area contributed by atoms with Crippen LogP contribution in [0.15, 0.2) is 47.3 Å². The van der Waals surface area contributed by atoms with Crippen molar-refractivity contribution in [3.05, 3.63) is 64.1 Å². The molecular weight excluding hydrogens is 308 g/mol. The Hall–Kier alpha value is -2.96. The number of rotatable bonds is 6. The number of nitrogens with one attached hydrogen (secondary N) is 2. The van der Waals surface area contributed by atoms with Gasteiger partial charge >= 0.3 is 0 Å². The maximum atomic E-state index is 12.4. The van der Waals surface area contributed by atoms with E-state index in [-0.39, 0.29) is 17.2 Å². The Morgan fingerprint density at radius 3 is 2.50 bits per heavy atom. The molecular formula is C17H20N4O3. The highest BCUT2D eigenvalue weighted by Gasteiger charge is 2.23. The van der Waals surface area contributed by atoms with E-state index in [1.807, 2.05) is 13.0 Å². The Balaban J connectivity index is 2.26. The molecule has 1 heterocycles. The van der Waals surface area contributed by atoms with Crippen molar-refractivity contribution >= 4 is 11.8 Å². The summed E-state index contributed by atoms with van der Waals surface area (Å²) in [6.07, 6.45) is 0.725. The van der Waals surface area contributed by atoms with Crippen LogP contribution in [0.25, 0.3) is 0 Å². The summed E-state index contributed by atoms with van der Waals surface area (Å²) < 4.78 is 1.24. The topological polar surface area (TPSA) is 93.1 Å². The summed E-state index contributed by atoms with van der Waals surface area (Å²) in [5.74, 6) is -0.853. The molecule has 7 nitrogen and oxygen atoms in total. The van der Waals surface area contributed by atoms with Crippen LogP contribution in [-0.4, -0.2) is 28.6 Å². The molecule has 0 radical (unpaired) electrons. The van der Waals surface area contributed by atoms with Gasteiger partial charge in [-0.05, 0) is 18.1 Å². The number of aromatic nitrogens is 2. The molecule has 0 aliphatic carbocycles. The fourth-order valence-electron chi connectivity index (χ4n) is 2.24. The third kappa shape index (κ3) is 4.07. The first-order valence-corrected chi connectivity index (χ1v) is 7.72. The fourth-order valence-corrected chi connectivity index (χ4v) is 2.24. The lowest BCUT2D eigenvalue weighted by Crippen LogP contribution is -2.40. The smallest absolute Gasteiger partial charge is 0.272 e. The highest BCUT2D eigenvalue weighted by Crippen LogP contribution is 2.13. The van der Waals surface area contributed by atoms with Gasteiger partial charge in [-0.3, -0.25) is 14.4 Å². The zero-order valence-electron chi connectivity index (χ0n) is 13.7. The molecule has 0 saturated heterocycles. The van der Waals surface area contributed by atoms with Gasteiger partial charge in [0, 0.05) is 19.7 Å². The molecule has 7 heteroatoms. The molecule has 126 valence electrons. The summed E-state index contributed by atoms with van der Waals surface area (Å²) in [7, 11) is 1.50. The van der Waals surface area contributed by atoms with E-state index in [4.69, 9.17) is 0 Å². The lowest BCUT2D eigenvalue weighted by atomic mass is 10.1. The molecule has 2 amide bonds. The Bertz CT molecular complexity index is 771. The van der Waals surface area contributed by atoms with Crippen LogP contribution >= 0.6 is 0 Å². The van der Waals surface area contributed by atoms with E-state index in [9.17, 15) is 14.4 Å². The second-order valence-electron chi connectivity index (χ2n) is 5.21. The largest absolute Gasteiger partial charge is 0.357 e. The number of nitrogens with zero attached hydrogens (tertiary/aromatic N) is 2. The van der Waals surface area contributed by atoms with Gasteiger partial charge in [0.25, 0.3) is 11.5 Å². The maximum Gasteiger partial charge on any atom is 0.272 e. The van der Waals surface area contributed by atoms with Crippen molar-refractivity contribution in [1.29, 1.82) is 0 Å². The van der Waals surface area contributed by atoms with E-state index >= 15 is 0 Å². The van der Waals surface area contributed by atoms with Crippen LogP contribution in [0.1, 0.15) is 35.4 Å². The van der Waals surface area contributed by atoms with E-state index in [1.54, 1.807) is 24.3 Å². The summed E-state index contributed by atoms with van der Waals surface area (Å²) in [5.41, 5.74) is 0.485. The minimum absolute atomic E-state index is 0.0906. The van der Waals surface area contributed by atoms with Gasteiger partial charge in [0.2, 0.25) is 5.91 Å². The molecule has 0 saturated carbocycles. The van der Waals surface area contributed by atoms with Crippen LogP contribution < -0.4 is 16.2 Å². The molecule has 1 aromatic heterocycles. The number of hydrogen-bond donors (Lipinski definition) is 2. The number of carbonyl (C=O) groups is 2. The van der Waals surface area contributed by atoms with Crippen LogP contribution in [0, 0.1) is 0 Å². The zero-order valence-corrected chi connectivity index (χ0v) is 13.7. The summed E-state index contributed by atoms with van der Waals surface area (Å²) in [4.78, 5) is 36.2. The van der Waals surface area contributed by atoms with Crippen molar-refractivity contribution < 1.29 is 9.59 Å². The quantitative estimate of drug-likeness (QED) is 0.823. The number of amides is 2. The Morgan fingerprint density at radius 1 is 1.17 bits per heavy atom. The van der Waals surface area contributed by atoms with E-state index in [0.717, 1.165) is 6.42 Å². The number of likely N-dealkylation sites (N-methyl/N-ethyl adjacent to an activating group) is 1. The summed E-state index contributed by atoms with van der Waals surface area (Å²) in [6, 6.07) is 10.7. The maximum absolute atomic E-state index is 12.4. The van der Waals surface area contributed by atoms with Crippen molar-refractivity contribution in [3.63, 3.8) is 0 Å². The minimum atomic E-state index is -0.836. The predicted molar refractivity (Wildman–Crippen MR) is 89.5 cm³/mol. The van der Waals surface area contributed by atoms with E-state index in [0.29, 0.717) is 12.1 Å². The van der Waals surface area contributed by atoms with Crippen LogP contribution in [0.5, 0.6) is 0 Å². The SMILES string of the molecule is CCCn1nc(C(=O)N[C@H](C(=O)NC)c2ccccc2)ccc1=O. The summed E-state index contributed by atoms with van der Waals surface area (Å²) >= 11 is 0. The van der Waals surface area contributed by atoms with Crippen molar-refractivity contribution in [3.8, 4) is 0 Å². The number of carbonyl (C=O) groups excluding carboxylic acids is 2.